The summed E-state index contributed by atoms with van der Waals surface area (Å²) in [6, 6.07) is 5.46. The molecule has 1 aromatic carbocycles. The molecule has 0 spiro atoms. The molecular formula is C24H27F2N7O2. The molecular weight excluding hydrogens is 456 g/mol. The Bertz CT molecular complexity index is 1250. The highest BCUT2D eigenvalue weighted by Gasteiger charge is 2.36. The zero-order valence-corrected chi connectivity index (χ0v) is 19.9. The summed E-state index contributed by atoms with van der Waals surface area (Å²) < 4.78 is 36.0. The van der Waals surface area contributed by atoms with Crippen molar-refractivity contribution in [3.8, 4) is 17.0 Å². The highest BCUT2D eigenvalue weighted by molar-refractivity contribution is 5.87. The maximum Gasteiger partial charge on any atom is 0.316 e. The van der Waals surface area contributed by atoms with Crippen LogP contribution in [0, 0.1) is 11.6 Å². The van der Waals surface area contributed by atoms with Crippen LogP contribution < -0.4 is 26.0 Å². The van der Waals surface area contributed by atoms with Crippen LogP contribution in [0.15, 0.2) is 36.7 Å². The normalized spacial score (nSPS) is 15.1. The van der Waals surface area contributed by atoms with Crippen LogP contribution in [-0.4, -0.2) is 39.2 Å². The second-order valence-electron chi connectivity index (χ2n) is 8.99. The van der Waals surface area contributed by atoms with Crippen LogP contribution in [0.4, 0.5) is 36.7 Å². The first-order chi connectivity index (χ1) is 16.6. The van der Waals surface area contributed by atoms with Crippen molar-refractivity contribution in [2.24, 2.45) is 5.73 Å². The predicted molar refractivity (Wildman–Crippen MR) is 130 cm³/mol. The number of carbonyl (C=O) groups is 1. The lowest BCUT2D eigenvalue weighted by Gasteiger charge is -2.44. The average molecular weight is 484 g/mol. The largest absolute Gasteiger partial charge is 0.481 e. The summed E-state index contributed by atoms with van der Waals surface area (Å²) in [6.07, 6.45) is 3.25. The zero-order valence-electron chi connectivity index (χ0n) is 19.9. The standard InChI is InChI=1S/C24H27F2N7O2/c1-5-13(2)33-12-24(3,4)35-21-16(25)8-14(9-18(21)33)20-17(26)11-29-23(32-20)31-19-7-6-15(10-28-19)30-22(27)34/h6-11,13H,5,12H2,1-4H3,(H3,27,30,34)(H,28,29,31,32). The van der Waals surface area contributed by atoms with Gasteiger partial charge in [-0.2, -0.15) is 0 Å². The topological polar surface area (TPSA) is 118 Å². The van der Waals surface area contributed by atoms with Gasteiger partial charge in [-0.25, -0.2) is 28.5 Å². The molecule has 3 heterocycles. The number of ether oxygens (including phenoxy) is 1. The van der Waals surface area contributed by atoms with E-state index in [1.165, 1.54) is 12.3 Å². The molecule has 1 atom stereocenters. The van der Waals surface area contributed by atoms with E-state index in [2.05, 4.69) is 44.3 Å². The van der Waals surface area contributed by atoms with Gasteiger partial charge in [0, 0.05) is 11.6 Å². The molecule has 0 bridgehead atoms. The van der Waals surface area contributed by atoms with Crippen LogP contribution in [-0.2, 0) is 0 Å². The van der Waals surface area contributed by atoms with Crippen LogP contribution >= 0.6 is 0 Å². The number of benzene rings is 1. The van der Waals surface area contributed by atoms with E-state index in [0.717, 1.165) is 12.6 Å². The van der Waals surface area contributed by atoms with Crippen LogP contribution in [0.1, 0.15) is 34.1 Å². The Hall–Kier alpha value is -4.02. The van der Waals surface area contributed by atoms with Crippen LogP contribution in [0.5, 0.6) is 5.75 Å². The van der Waals surface area contributed by atoms with Gasteiger partial charge in [0.15, 0.2) is 17.4 Å². The smallest absolute Gasteiger partial charge is 0.316 e. The monoisotopic (exact) mass is 483 g/mol. The van der Waals surface area contributed by atoms with Crippen LogP contribution in [0.3, 0.4) is 0 Å². The third-order valence-corrected chi connectivity index (χ3v) is 5.67. The number of pyridine rings is 1. The number of urea groups is 1. The lowest BCUT2D eigenvalue weighted by Crippen LogP contribution is -2.50. The Morgan fingerprint density at radius 3 is 2.66 bits per heavy atom. The molecule has 0 radical (unpaired) electrons. The lowest BCUT2D eigenvalue weighted by atomic mass is 10.00. The Morgan fingerprint density at radius 2 is 2.00 bits per heavy atom. The fourth-order valence-corrected chi connectivity index (χ4v) is 3.88. The molecule has 0 saturated carbocycles. The average Bonchev–Trinajstić information content (AvgIpc) is 2.80. The number of anilines is 4. The third kappa shape index (κ3) is 5.23. The SMILES string of the molecule is CCC(C)N1CC(C)(C)Oc2c(F)cc(-c3nc(Nc4ccc(NC(N)=O)cn4)ncc3F)cc21. The number of aromatic nitrogens is 3. The zero-order chi connectivity index (χ0) is 25.3. The number of carbonyl (C=O) groups excluding carboxylic acids is 1. The van der Waals surface area contributed by atoms with Crippen molar-refractivity contribution in [2.75, 3.05) is 22.1 Å². The number of rotatable bonds is 6. The van der Waals surface area contributed by atoms with Gasteiger partial charge in [0.2, 0.25) is 5.95 Å². The van der Waals surface area contributed by atoms with E-state index < -0.39 is 23.3 Å². The molecule has 0 aliphatic carbocycles. The summed E-state index contributed by atoms with van der Waals surface area (Å²) in [4.78, 5) is 25.4. The summed E-state index contributed by atoms with van der Waals surface area (Å²) >= 11 is 0. The molecule has 2 amide bonds. The van der Waals surface area contributed by atoms with Gasteiger partial charge < -0.3 is 26.0 Å². The molecule has 1 aliphatic rings. The van der Waals surface area contributed by atoms with E-state index in [9.17, 15) is 9.18 Å². The first kappa shape index (κ1) is 24.1. The molecule has 4 N–H and O–H groups in total. The minimum atomic E-state index is -0.711. The van der Waals surface area contributed by atoms with E-state index in [4.69, 9.17) is 10.5 Å². The fraction of sp³-hybridized carbons (Fsp3) is 0.333. The molecule has 3 aromatic rings. The second kappa shape index (κ2) is 9.32. The summed E-state index contributed by atoms with van der Waals surface area (Å²) in [5.74, 6) is -0.722. The highest BCUT2D eigenvalue weighted by atomic mass is 19.1. The van der Waals surface area contributed by atoms with E-state index in [1.807, 2.05) is 13.8 Å². The Morgan fingerprint density at radius 1 is 1.23 bits per heavy atom. The number of amides is 2. The maximum atomic E-state index is 15.2. The summed E-state index contributed by atoms with van der Waals surface area (Å²) in [7, 11) is 0. The number of halogens is 2. The molecule has 0 saturated heterocycles. The molecule has 9 nitrogen and oxygen atoms in total. The number of nitrogens with one attached hydrogen (secondary N) is 2. The van der Waals surface area contributed by atoms with Gasteiger partial charge in [-0.15, -0.1) is 0 Å². The van der Waals surface area contributed by atoms with Crippen molar-refractivity contribution in [1.29, 1.82) is 0 Å². The molecule has 1 unspecified atom stereocenters. The molecule has 11 heteroatoms. The van der Waals surface area contributed by atoms with Crippen molar-refractivity contribution in [2.45, 2.75) is 45.8 Å². The Kier molecular flexibility index (Phi) is 6.42. The fourth-order valence-electron chi connectivity index (χ4n) is 3.88. The van der Waals surface area contributed by atoms with Crippen molar-refractivity contribution in [3.05, 3.63) is 48.3 Å². The van der Waals surface area contributed by atoms with Gasteiger partial charge >= 0.3 is 6.03 Å². The second-order valence-corrected chi connectivity index (χ2v) is 8.99. The molecule has 1 aliphatic heterocycles. The number of nitrogens with two attached hydrogens (primary N) is 1. The molecule has 2 aromatic heterocycles. The Labute approximate surface area is 201 Å². The number of nitrogens with zero attached hydrogens (tertiary/aromatic N) is 4. The van der Waals surface area contributed by atoms with Crippen LogP contribution in [0.25, 0.3) is 11.3 Å². The van der Waals surface area contributed by atoms with E-state index >= 15 is 4.39 Å². The minimum absolute atomic E-state index is 0.0647. The number of hydrogen-bond acceptors (Lipinski definition) is 7. The van der Waals surface area contributed by atoms with E-state index in [1.54, 1.807) is 18.2 Å². The quantitative estimate of drug-likeness (QED) is 0.460. The molecule has 184 valence electrons. The number of primary amides is 1. The van der Waals surface area contributed by atoms with E-state index in [-0.39, 0.29) is 29.0 Å². The first-order valence-electron chi connectivity index (χ1n) is 11.2. The van der Waals surface area contributed by atoms with E-state index in [0.29, 0.717) is 23.7 Å². The van der Waals surface area contributed by atoms with Gasteiger partial charge in [-0.3, -0.25) is 0 Å². The van der Waals surface area contributed by atoms with Crippen molar-refractivity contribution >= 4 is 29.2 Å². The van der Waals surface area contributed by atoms with Gasteiger partial charge in [-0.1, -0.05) is 6.92 Å². The molecule has 4 rings (SSSR count). The summed E-state index contributed by atoms with van der Waals surface area (Å²) in [5.41, 5.74) is 5.66. The highest BCUT2D eigenvalue weighted by Crippen LogP contribution is 2.43. The van der Waals surface area contributed by atoms with Gasteiger partial charge in [-0.05, 0) is 51.5 Å². The maximum absolute atomic E-state index is 15.2. The number of fused-ring (bicyclic) bond motifs is 1. The Balaban J connectivity index is 1.68. The minimum Gasteiger partial charge on any atom is -0.481 e. The van der Waals surface area contributed by atoms with Gasteiger partial charge in [0.05, 0.1) is 30.3 Å². The molecule has 0 fully saturated rings. The van der Waals surface area contributed by atoms with Crippen molar-refractivity contribution in [3.63, 3.8) is 0 Å². The third-order valence-electron chi connectivity index (χ3n) is 5.67. The lowest BCUT2D eigenvalue weighted by molar-refractivity contribution is 0.0960. The van der Waals surface area contributed by atoms with Gasteiger partial charge in [0.1, 0.15) is 17.1 Å². The summed E-state index contributed by atoms with van der Waals surface area (Å²) in [6.45, 7) is 8.49. The first-order valence-corrected chi connectivity index (χ1v) is 11.2. The summed E-state index contributed by atoms with van der Waals surface area (Å²) in [5, 5.41) is 5.28. The number of hydrogen-bond donors (Lipinski definition) is 3. The van der Waals surface area contributed by atoms with Crippen molar-refractivity contribution < 1.29 is 18.3 Å². The predicted octanol–water partition coefficient (Wildman–Crippen LogP) is 4.83. The molecule has 35 heavy (non-hydrogen) atoms. The van der Waals surface area contributed by atoms with Crippen LogP contribution in [0.2, 0.25) is 0 Å². The van der Waals surface area contributed by atoms with Crippen molar-refractivity contribution in [1.82, 2.24) is 15.0 Å². The van der Waals surface area contributed by atoms with Gasteiger partial charge in [0.25, 0.3) is 0 Å².